The van der Waals surface area contributed by atoms with Gasteiger partial charge in [-0.05, 0) is 31.6 Å². The van der Waals surface area contributed by atoms with Crippen molar-refractivity contribution in [1.29, 1.82) is 5.26 Å². The first kappa shape index (κ1) is 9.54. The van der Waals surface area contributed by atoms with Gasteiger partial charge in [0.15, 0.2) is 0 Å². The Morgan fingerprint density at radius 2 is 2.25 bits per heavy atom. The minimum Gasteiger partial charge on any atom is -0.388 e. The molecule has 0 saturated heterocycles. The molecule has 0 radical (unpaired) electrons. The minimum atomic E-state index is -0.728. The van der Waals surface area contributed by atoms with Crippen molar-refractivity contribution in [2.24, 2.45) is 17.8 Å². The van der Waals surface area contributed by atoms with Gasteiger partial charge in [0.05, 0.1) is 17.6 Å². The van der Waals surface area contributed by atoms with E-state index in [2.05, 4.69) is 13.0 Å². The van der Waals surface area contributed by atoms with Crippen LogP contribution in [-0.2, 0) is 0 Å². The van der Waals surface area contributed by atoms with E-state index in [0.717, 1.165) is 6.42 Å². The fourth-order valence-electron chi connectivity index (χ4n) is 2.02. The van der Waals surface area contributed by atoms with Gasteiger partial charge in [-0.3, -0.25) is 0 Å². The molecule has 0 aromatic rings. The Hall–Kier alpha value is -0.550. The molecule has 0 spiro atoms. The highest BCUT2D eigenvalue weighted by Gasteiger charge is 2.51. The van der Waals surface area contributed by atoms with Crippen LogP contribution in [0.25, 0.3) is 0 Å². The average molecular weight is 167 g/mol. The summed E-state index contributed by atoms with van der Waals surface area (Å²) in [7, 11) is 0. The maximum Gasteiger partial charge on any atom is 0.0830 e. The van der Waals surface area contributed by atoms with Gasteiger partial charge in [-0.25, -0.2) is 0 Å². The highest BCUT2D eigenvalue weighted by molar-refractivity contribution is 5.06. The molecule has 0 aromatic heterocycles. The molecule has 12 heavy (non-hydrogen) atoms. The zero-order chi connectivity index (χ0) is 9.35. The molecular weight excluding hydrogens is 150 g/mol. The molecule has 0 bridgehead atoms. The fourth-order valence-corrected chi connectivity index (χ4v) is 2.02. The van der Waals surface area contributed by atoms with Crippen LogP contribution in [0.5, 0.6) is 0 Å². The lowest BCUT2D eigenvalue weighted by molar-refractivity contribution is -0.0212. The first-order valence-corrected chi connectivity index (χ1v) is 4.68. The molecule has 1 aliphatic carbocycles. The molecule has 1 rings (SSSR count). The summed E-state index contributed by atoms with van der Waals surface area (Å²) in [5.41, 5.74) is -0.728. The highest BCUT2D eigenvalue weighted by atomic mass is 16.3. The summed E-state index contributed by atoms with van der Waals surface area (Å²) in [4.78, 5) is 0. The van der Waals surface area contributed by atoms with Crippen LogP contribution in [0, 0.1) is 29.1 Å². The summed E-state index contributed by atoms with van der Waals surface area (Å²) in [5.74, 6) is 0.723. The SMILES string of the molecule is CCC(O)(C(C)C#N)C1CC1C. The van der Waals surface area contributed by atoms with Crippen LogP contribution in [0.15, 0.2) is 0 Å². The van der Waals surface area contributed by atoms with E-state index in [-0.39, 0.29) is 5.92 Å². The van der Waals surface area contributed by atoms with E-state index in [9.17, 15) is 5.11 Å². The molecule has 1 N–H and O–H groups in total. The summed E-state index contributed by atoms with van der Waals surface area (Å²) in [6, 6.07) is 2.15. The van der Waals surface area contributed by atoms with E-state index in [1.54, 1.807) is 0 Å². The van der Waals surface area contributed by atoms with E-state index in [4.69, 9.17) is 5.26 Å². The van der Waals surface area contributed by atoms with Crippen LogP contribution in [0.2, 0.25) is 0 Å². The van der Waals surface area contributed by atoms with Crippen LogP contribution in [0.4, 0.5) is 0 Å². The topological polar surface area (TPSA) is 44.0 Å². The Balaban J connectivity index is 2.70. The maximum atomic E-state index is 10.2. The van der Waals surface area contributed by atoms with Crippen LogP contribution in [0.3, 0.4) is 0 Å². The van der Waals surface area contributed by atoms with Gasteiger partial charge in [-0.2, -0.15) is 5.26 Å². The average Bonchev–Trinajstić information content (AvgIpc) is 2.80. The Labute approximate surface area is 74.2 Å². The van der Waals surface area contributed by atoms with E-state index >= 15 is 0 Å². The minimum absolute atomic E-state index is 0.238. The van der Waals surface area contributed by atoms with E-state index in [1.165, 1.54) is 0 Å². The molecule has 1 aliphatic rings. The molecule has 68 valence electrons. The molecular formula is C10H17NO. The number of nitriles is 1. The van der Waals surface area contributed by atoms with Gasteiger partial charge in [0.25, 0.3) is 0 Å². The molecule has 0 heterocycles. The summed E-state index contributed by atoms with van der Waals surface area (Å²) >= 11 is 0. The Kier molecular flexibility index (Phi) is 2.44. The molecule has 2 nitrogen and oxygen atoms in total. The van der Waals surface area contributed by atoms with Gasteiger partial charge >= 0.3 is 0 Å². The second kappa shape index (κ2) is 3.06. The van der Waals surface area contributed by atoms with E-state index in [1.807, 2.05) is 13.8 Å². The summed E-state index contributed by atoms with van der Waals surface area (Å²) in [5, 5.41) is 18.9. The molecule has 0 aliphatic heterocycles. The van der Waals surface area contributed by atoms with Gasteiger partial charge in [0.2, 0.25) is 0 Å². The van der Waals surface area contributed by atoms with Crippen LogP contribution >= 0.6 is 0 Å². The standard InChI is InChI=1S/C10H17NO/c1-4-10(12,8(3)6-11)9-5-7(9)2/h7-9,12H,4-5H2,1-3H3. The van der Waals surface area contributed by atoms with Crippen molar-refractivity contribution in [3.8, 4) is 6.07 Å². The summed E-state index contributed by atoms with van der Waals surface area (Å²) < 4.78 is 0. The third-order valence-electron chi connectivity index (χ3n) is 3.26. The number of rotatable bonds is 3. The molecule has 1 saturated carbocycles. The highest BCUT2D eigenvalue weighted by Crippen LogP contribution is 2.50. The van der Waals surface area contributed by atoms with E-state index < -0.39 is 5.60 Å². The summed E-state index contributed by atoms with van der Waals surface area (Å²) in [6.07, 6.45) is 1.77. The lowest BCUT2D eigenvalue weighted by Crippen LogP contribution is -2.38. The third-order valence-corrected chi connectivity index (χ3v) is 3.26. The predicted molar refractivity (Wildman–Crippen MR) is 47.3 cm³/mol. The fraction of sp³-hybridized carbons (Fsp3) is 0.900. The molecule has 2 heteroatoms. The van der Waals surface area contributed by atoms with Crippen molar-refractivity contribution in [2.45, 2.75) is 39.2 Å². The zero-order valence-corrected chi connectivity index (χ0v) is 8.04. The lowest BCUT2D eigenvalue weighted by atomic mass is 9.82. The summed E-state index contributed by atoms with van der Waals surface area (Å²) in [6.45, 7) is 5.91. The van der Waals surface area contributed by atoms with Gasteiger partial charge in [-0.1, -0.05) is 13.8 Å². The van der Waals surface area contributed by atoms with Crippen molar-refractivity contribution in [3.05, 3.63) is 0 Å². The molecule has 0 aromatic carbocycles. The number of aliphatic hydroxyl groups is 1. The predicted octanol–water partition coefficient (Wildman–Crippen LogP) is 1.94. The second-order valence-electron chi connectivity index (χ2n) is 4.02. The quantitative estimate of drug-likeness (QED) is 0.698. The van der Waals surface area contributed by atoms with Crippen molar-refractivity contribution < 1.29 is 5.11 Å². The van der Waals surface area contributed by atoms with Gasteiger partial charge in [0.1, 0.15) is 0 Å². The third kappa shape index (κ3) is 1.34. The monoisotopic (exact) mass is 167 g/mol. The first-order chi connectivity index (χ1) is 5.56. The van der Waals surface area contributed by atoms with Crippen molar-refractivity contribution >= 4 is 0 Å². The zero-order valence-electron chi connectivity index (χ0n) is 8.04. The van der Waals surface area contributed by atoms with Gasteiger partial charge in [-0.15, -0.1) is 0 Å². The lowest BCUT2D eigenvalue weighted by Gasteiger charge is -2.29. The molecule has 4 unspecified atom stereocenters. The Morgan fingerprint density at radius 3 is 2.50 bits per heavy atom. The maximum absolute atomic E-state index is 10.2. The molecule has 4 atom stereocenters. The smallest absolute Gasteiger partial charge is 0.0830 e. The number of nitrogens with zero attached hydrogens (tertiary/aromatic N) is 1. The van der Waals surface area contributed by atoms with Gasteiger partial charge < -0.3 is 5.11 Å². The first-order valence-electron chi connectivity index (χ1n) is 4.68. The van der Waals surface area contributed by atoms with E-state index in [0.29, 0.717) is 18.3 Å². The normalized spacial score (nSPS) is 34.9. The Bertz CT molecular complexity index is 208. The van der Waals surface area contributed by atoms with Crippen molar-refractivity contribution in [1.82, 2.24) is 0 Å². The van der Waals surface area contributed by atoms with Crippen molar-refractivity contribution in [2.75, 3.05) is 0 Å². The van der Waals surface area contributed by atoms with Crippen LogP contribution < -0.4 is 0 Å². The molecule has 0 amide bonds. The van der Waals surface area contributed by atoms with Crippen LogP contribution in [-0.4, -0.2) is 10.7 Å². The van der Waals surface area contributed by atoms with Crippen molar-refractivity contribution in [3.63, 3.8) is 0 Å². The van der Waals surface area contributed by atoms with Crippen LogP contribution in [0.1, 0.15) is 33.6 Å². The second-order valence-corrected chi connectivity index (χ2v) is 4.02. The largest absolute Gasteiger partial charge is 0.388 e. The number of hydrogen-bond donors (Lipinski definition) is 1. The Morgan fingerprint density at radius 1 is 1.75 bits per heavy atom. The molecule has 1 fully saturated rings. The number of hydrogen-bond acceptors (Lipinski definition) is 2. The van der Waals surface area contributed by atoms with Gasteiger partial charge in [0, 0.05) is 0 Å².